The van der Waals surface area contributed by atoms with Gasteiger partial charge in [-0.2, -0.15) is 0 Å². The van der Waals surface area contributed by atoms with Crippen LogP contribution in [0.2, 0.25) is 5.02 Å². The zero-order chi connectivity index (χ0) is 17.2. The van der Waals surface area contributed by atoms with Crippen LogP contribution in [-0.4, -0.2) is 30.4 Å². The first kappa shape index (κ1) is 16.8. The summed E-state index contributed by atoms with van der Waals surface area (Å²) < 4.78 is 0. The zero-order valence-corrected chi connectivity index (χ0v) is 14.5. The van der Waals surface area contributed by atoms with Crippen molar-refractivity contribution in [1.29, 1.82) is 0 Å². The number of H-pyrrole nitrogens is 1. The van der Waals surface area contributed by atoms with Crippen molar-refractivity contribution in [3.8, 4) is 0 Å². The van der Waals surface area contributed by atoms with Crippen LogP contribution < -0.4 is 10.6 Å². The van der Waals surface area contributed by atoms with Crippen molar-refractivity contribution >= 4 is 34.3 Å². The molecular weight excluding hydrogens is 326 g/mol. The number of carbonyl (C=O) groups is 2. The summed E-state index contributed by atoms with van der Waals surface area (Å²) in [5.41, 5.74) is 0.824. The van der Waals surface area contributed by atoms with E-state index >= 15 is 0 Å². The molecule has 1 fully saturated rings. The number of halogens is 1. The van der Waals surface area contributed by atoms with Crippen LogP contribution in [0, 0.1) is 5.41 Å². The first-order valence-corrected chi connectivity index (χ1v) is 8.71. The topological polar surface area (TPSA) is 74.0 Å². The van der Waals surface area contributed by atoms with Gasteiger partial charge in [0.25, 0.3) is 5.91 Å². The fourth-order valence-corrected chi connectivity index (χ4v) is 3.91. The molecule has 1 aliphatic rings. The molecule has 1 aromatic carbocycles. The average Bonchev–Trinajstić information content (AvgIpc) is 3.10. The molecule has 2 amide bonds. The minimum atomic E-state index is -0.507. The number of hydrogen-bond acceptors (Lipinski definition) is 2. The quantitative estimate of drug-likeness (QED) is 0.794. The van der Waals surface area contributed by atoms with Gasteiger partial charge in [-0.15, -0.1) is 0 Å². The Balaban J connectivity index is 1.77. The fourth-order valence-electron chi connectivity index (χ4n) is 3.59. The van der Waals surface area contributed by atoms with Crippen molar-refractivity contribution in [2.45, 2.75) is 32.1 Å². The Labute approximate surface area is 146 Å². The summed E-state index contributed by atoms with van der Waals surface area (Å²) in [6, 6.07) is 5.40. The highest BCUT2D eigenvalue weighted by molar-refractivity contribution is 6.38. The van der Waals surface area contributed by atoms with E-state index in [1.54, 1.807) is 19.3 Å². The third-order valence-corrected chi connectivity index (χ3v) is 5.43. The SMILES string of the molecule is CNC(=O)C1(CNC(=O)c2ccc3[nH]ccc3c2Cl)CCCCC1. The molecule has 3 rings (SSSR count). The molecule has 0 saturated heterocycles. The number of benzene rings is 1. The molecular formula is C18H22ClN3O2. The largest absolute Gasteiger partial charge is 0.361 e. The predicted octanol–water partition coefficient (Wildman–Crippen LogP) is 3.25. The molecule has 3 N–H and O–H groups in total. The van der Waals surface area contributed by atoms with Gasteiger partial charge >= 0.3 is 0 Å². The third-order valence-electron chi connectivity index (χ3n) is 5.02. The third kappa shape index (κ3) is 3.00. The Hall–Kier alpha value is -2.01. The number of aromatic amines is 1. The summed E-state index contributed by atoms with van der Waals surface area (Å²) >= 11 is 6.36. The van der Waals surface area contributed by atoms with E-state index in [0.29, 0.717) is 17.1 Å². The highest BCUT2D eigenvalue weighted by atomic mass is 35.5. The number of amides is 2. The first-order chi connectivity index (χ1) is 11.6. The lowest BCUT2D eigenvalue weighted by Crippen LogP contribution is -2.48. The van der Waals surface area contributed by atoms with E-state index in [2.05, 4.69) is 15.6 Å². The number of rotatable bonds is 4. The second-order valence-corrected chi connectivity index (χ2v) is 6.85. The van der Waals surface area contributed by atoms with Gasteiger partial charge in [0.2, 0.25) is 5.91 Å². The van der Waals surface area contributed by atoms with Gasteiger partial charge in [-0.3, -0.25) is 9.59 Å². The average molecular weight is 348 g/mol. The van der Waals surface area contributed by atoms with Gasteiger partial charge in [0.05, 0.1) is 16.0 Å². The Morgan fingerprint density at radius 1 is 1.21 bits per heavy atom. The minimum Gasteiger partial charge on any atom is -0.361 e. The van der Waals surface area contributed by atoms with Gasteiger partial charge in [0.1, 0.15) is 0 Å². The second-order valence-electron chi connectivity index (χ2n) is 6.47. The smallest absolute Gasteiger partial charge is 0.252 e. The van der Waals surface area contributed by atoms with Crippen LogP contribution in [0.25, 0.3) is 10.9 Å². The number of nitrogens with one attached hydrogen (secondary N) is 3. The second kappa shape index (κ2) is 6.85. The van der Waals surface area contributed by atoms with Gasteiger partial charge in [-0.25, -0.2) is 0 Å². The summed E-state index contributed by atoms with van der Waals surface area (Å²) in [4.78, 5) is 28.0. The molecule has 1 aromatic heterocycles. The lowest BCUT2D eigenvalue weighted by atomic mass is 9.73. The molecule has 6 heteroatoms. The van der Waals surface area contributed by atoms with E-state index in [-0.39, 0.29) is 11.8 Å². The Bertz CT molecular complexity index is 763. The van der Waals surface area contributed by atoms with E-state index in [4.69, 9.17) is 11.6 Å². The van der Waals surface area contributed by atoms with E-state index in [0.717, 1.165) is 43.0 Å². The van der Waals surface area contributed by atoms with Gasteiger partial charge in [0, 0.05) is 30.7 Å². The van der Waals surface area contributed by atoms with E-state index < -0.39 is 5.41 Å². The van der Waals surface area contributed by atoms with Gasteiger partial charge in [-0.05, 0) is 31.0 Å². The number of fused-ring (bicyclic) bond motifs is 1. The van der Waals surface area contributed by atoms with Gasteiger partial charge < -0.3 is 15.6 Å². The van der Waals surface area contributed by atoms with Crippen molar-refractivity contribution in [3.63, 3.8) is 0 Å². The van der Waals surface area contributed by atoms with Crippen molar-refractivity contribution in [2.24, 2.45) is 5.41 Å². The van der Waals surface area contributed by atoms with Crippen molar-refractivity contribution in [3.05, 3.63) is 35.0 Å². The number of hydrogen-bond donors (Lipinski definition) is 3. The molecule has 2 aromatic rings. The molecule has 1 aliphatic carbocycles. The minimum absolute atomic E-state index is 0.00897. The van der Waals surface area contributed by atoms with Crippen LogP contribution in [0.3, 0.4) is 0 Å². The normalized spacial score (nSPS) is 16.8. The van der Waals surface area contributed by atoms with Crippen molar-refractivity contribution in [1.82, 2.24) is 15.6 Å². The van der Waals surface area contributed by atoms with Crippen molar-refractivity contribution < 1.29 is 9.59 Å². The summed E-state index contributed by atoms with van der Waals surface area (Å²) in [7, 11) is 1.65. The molecule has 0 bridgehead atoms. The summed E-state index contributed by atoms with van der Waals surface area (Å²) in [6.07, 6.45) is 6.57. The molecule has 24 heavy (non-hydrogen) atoms. The Morgan fingerprint density at radius 2 is 1.96 bits per heavy atom. The summed E-state index contributed by atoms with van der Waals surface area (Å²) in [6.45, 7) is 0.340. The highest BCUT2D eigenvalue weighted by Crippen LogP contribution is 2.36. The predicted molar refractivity (Wildman–Crippen MR) is 95.2 cm³/mol. The lowest BCUT2D eigenvalue weighted by molar-refractivity contribution is -0.132. The standard InChI is InChI=1S/C18H22ClN3O2/c1-20-17(24)18(8-3-2-4-9-18)11-22-16(23)13-5-6-14-12(15(13)19)7-10-21-14/h5-7,10,21H,2-4,8-9,11H2,1H3,(H,20,24)(H,22,23). The van der Waals surface area contributed by atoms with Crippen molar-refractivity contribution in [2.75, 3.05) is 13.6 Å². The Kier molecular flexibility index (Phi) is 4.81. The molecule has 0 aliphatic heterocycles. The van der Waals surface area contributed by atoms with Crippen LogP contribution in [0.5, 0.6) is 0 Å². The molecule has 1 heterocycles. The maximum absolute atomic E-state index is 12.6. The zero-order valence-electron chi connectivity index (χ0n) is 13.7. The first-order valence-electron chi connectivity index (χ1n) is 8.33. The van der Waals surface area contributed by atoms with E-state index in [1.165, 1.54) is 0 Å². The number of carbonyl (C=O) groups excluding carboxylic acids is 2. The molecule has 0 atom stereocenters. The molecule has 0 spiro atoms. The van der Waals surface area contributed by atoms with Gasteiger partial charge in [-0.1, -0.05) is 30.9 Å². The number of aromatic nitrogens is 1. The van der Waals surface area contributed by atoms with Crippen LogP contribution in [0.1, 0.15) is 42.5 Å². The van der Waals surface area contributed by atoms with E-state index in [1.807, 2.05) is 12.1 Å². The highest BCUT2D eigenvalue weighted by Gasteiger charge is 2.39. The lowest BCUT2D eigenvalue weighted by Gasteiger charge is -2.35. The molecule has 0 unspecified atom stereocenters. The van der Waals surface area contributed by atoms with Crippen LogP contribution in [0.4, 0.5) is 0 Å². The van der Waals surface area contributed by atoms with Gasteiger partial charge in [0.15, 0.2) is 0 Å². The molecule has 5 nitrogen and oxygen atoms in total. The maximum atomic E-state index is 12.6. The molecule has 0 radical (unpaired) electrons. The molecule has 1 saturated carbocycles. The molecule has 128 valence electrons. The van der Waals surface area contributed by atoms with Crippen LogP contribution in [0.15, 0.2) is 24.4 Å². The van der Waals surface area contributed by atoms with E-state index in [9.17, 15) is 9.59 Å². The monoisotopic (exact) mass is 347 g/mol. The fraction of sp³-hybridized carbons (Fsp3) is 0.444. The summed E-state index contributed by atoms with van der Waals surface area (Å²) in [5, 5.41) is 6.94. The summed E-state index contributed by atoms with van der Waals surface area (Å²) in [5.74, 6) is -0.230. The van der Waals surface area contributed by atoms with Crippen LogP contribution >= 0.6 is 11.6 Å². The Morgan fingerprint density at radius 3 is 2.67 bits per heavy atom. The maximum Gasteiger partial charge on any atom is 0.252 e. The van der Waals surface area contributed by atoms with Crippen LogP contribution in [-0.2, 0) is 4.79 Å².